The Kier molecular flexibility index (Phi) is 5.08. The summed E-state index contributed by atoms with van der Waals surface area (Å²) >= 11 is 5.88. The van der Waals surface area contributed by atoms with E-state index < -0.39 is 0 Å². The normalized spacial score (nSPS) is 10.9. The van der Waals surface area contributed by atoms with Crippen molar-refractivity contribution in [1.29, 1.82) is 0 Å². The van der Waals surface area contributed by atoms with Crippen LogP contribution in [-0.2, 0) is 4.79 Å². The van der Waals surface area contributed by atoms with Crippen LogP contribution in [0.3, 0.4) is 0 Å². The van der Waals surface area contributed by atoms with Gasteiger partial charge in [0.15, 0.2) is 6.61 Å². The van der Waals surface area contributed by atoms with E-state index in [1.54, 1.807) is 12.1 Å². The van der Waals surface area contributed by atoms with Gasteiger partial charge in [0.05, 0.1) is 6.21 Å². The molecular formula is C19H15ClN2O2. The second-order valence-corrected chi connectivity index (χ2v) is 5.58. The van der Waals surface area contributed by atoms with Crippen LogP contribution in [0.25, 0.3) is 10.8 Å². The molecule has 0 aromatic heterocycles. The Morgan fingerprint density at radius 2 is 1.88 bits per heavy atom. The number of carbonyl (C=O) groups excluding carboxylic acids is 1. The molecule has 120 valence electrons. The number of hydrazone groups is 1. The van der Waals surface area contributed by atoms with Crippen LogP contribution in [0.5, 0.6) is 5.75 Å². The largest absolute Gasteiger partial charge is 0.484 e. The van der Waals surface area contributed by atoms with Crippen molar-refractivity contribution in [3.8, 4) is 5.75 Å². The van der Waals surface area contributed by atoms with Crippen molar-refractivity contribution in [2.45, 2.75) is 0 Å². The summed E-state index contributed by atoms with van der Waals surface area (Å²) in [5, 5.41) is 6.69. The SMILES string of the molecule is O=C(COc1ccc2ccccc2c1)N/N=C\c1cccc(Cl)c1. The van der Waals surface area contributed by atoms with Crippen LogP contribution < -0.4 is 10.2 Å². The van der Waals surface area contributed by atoms with E-state index in [9.17, 15) is 4.79 Å². The summed E-state index contributed by atoms with van der Waals surface area (Å²) < 4.78 is 5.49. The molecule has 0 saturated carbocycles. The zero-order valence-electron chi connectivity index (χ0n) is 12.8. The first-order valence-corrected chi connectivity index (χ1v) is 7.77. The van der Waals surface area contributed by atoms with Gasteiger partial charge in [0.25, 0.3) is 5.91 Å². The molecule has 3 aromatic carbocycles. The number of nitrogens with zero attached hydrogens (tertiary/aromatic N) is 1. The highest BCUT2D eigenvalue weighted by molar-refractivity contribution is 6.30. The molecule has 0 atom stereocenters. The number of halogens is 1. The first-order chi connectivity index (χ1) is 11.7. The average molecular weight is 339 g/mol. The van der Waals surface area contributed by atoms with E-state index in [0.717, 1.165) is 16.3 Å². The third-order valence-corrected chi connectivity index (χ3v) is 3.58. The molecule has 0 radical (unpaired) electrons. The summed E-state index contributed by atoms with van der Waals surface area (Å²) in [6.45, 7) is -0.106. The Bertz CT molecular complexity index is 893. The van der Waals surface area contributed by atoms with Gasteiger partial charge >= 0.3 is 0 Å². The van der Waals surface area contributed by atoms with Gasteiger partial charge in [0.1, 0.15) is 5.75 Å². The number of ether oxygens (including phenoxy) is 1. The Morgan fingerprint density at radius 3 is 2.71 bits per heavy atom. The highest BCUT2D eigenvalue weighted by Gasteiger charge is 2.02. The molecule has 0 aliphatic carbocycles. The van der Waals surface area contributed by atoms with Gasteiger partial charge in [-0.3, -0.25) is 4.79 Å². The van der Waals surface area contributed by atoms with Crippen molar-refractivity contribution in [3.63, 3.8) is 0 Å². The zero-order valence-corrected chi connectivity index (χ0v) is 13.5. The lowest BCUT2D eigenvalue weighted by Crippen LogP contribution is -2.24. The lowest BCUT2D eigenvalue weighted by molar-refractivity contribution is -0.123. The number of nitrogens with one attached hydrogen (secondary N) is 1. The Hall–Kier alpha value is -2.85. The van der Waals surface area contributed by atoms with Gasteiger partial charge in [-0.05, 0) is 40.6 Å². The third kappa shape index (κ3) is 4.33. The summed E-state index contributed by atoms with van der Waals surface area (Å²) in [7, 11) is 0. The third-order valence-electron chi connectivity index (χ3n) is 3.34. The van der Waals surface area contributed by atoms with Crippen LogP contribution in [0, 0.1) is 0 Å². The van der Waals surface area contributed by atoms with Gasteiger partial charge in [-0.2, -0.15) is 5.10 Å². The van der Waals surface area contributed by atoms with E-state index in [4.69, 9.17) is 16.3 Å². The number of benzene rings is 3. The van der Waals surface area contributed by atoms with Crippen molar-refractivity contribution in [2.24, 2.45) is 5.10 Å². The minimum Gasteiger partial charge on any atom is -0.484 e. The van der Waals surface area contributed by atoms with Crippen LogP contribution in [-0.4, -0.2) is 18.7 Å². The predicted octanol–water partition coefficient (Wildman–Crippen LogP) is 4.02. The first kappa shape index (κ1) is 16.0. The second kappa shape index (κ2) is 7.62. The van der Waals surface area contributed by atoms with Crippen LogP contribution in [0.15, 0.2) is 71.8 Å². The van der Waals surface area contributed by atoms with Crippen molar-refractivity contribution in [3.05, 3.63) is 77.3 Å². The maximum Gasteiger partial charge on any atom is 0.277 e. The molecule has 0 heterocycles. The molecule has 3 aromatic rings. The maximum atomic E-state index is 11.8. The molecule has 5 heteroatoms. The molecule has 1 amide bonds. The highest BCUT2D eigenvalue weighted by atomic mass is 35.5. The molecule has 0 aliphatic rings. The molecule has 4 nitrogen and oxygen atoms in total. The summed E-state index contributed by atoms with van der Waals surface area (Å²) in [6, 6.07) is 20.8. The van der Waals surface area contributed by atoms with Crippen LogP contribution in [0.4, 0.5) is 0 Å². The molecule has 0 bridgehead atoms. The van der Waals surface area contributed by atoms with Gasteiger partial charge in [0.2, 0.25) is 0 Å². The highest BCUT2D eigenvalue weighted by Crippen LogP contribution is 2.20. The molecule has 1 N–H and O–H groups in total. The van der Waals surface area contributed by atoms with Crippen LogP contribution >= 0.6 is 11.6 Å². The lowest BCUT2D eigenvalue weighted by atomic mass is 10.1. The molecule has 0 saturated heterocycles. The second-order valence-electron chi connectivity index (χ2n) is 5.15. The number of amides is 1. The molecule has 0 aliphatic heterocycles. The van der Waals surface area contributed by atoms with Crippen molar-refractivity contribution in [1.82, 2.24) is 5.43 Å². The van der Waals surface area contributed by atoms with E-state index in [-0.39, 0.29) is 12.5 Å². The average Bonchev–Trinajstić information content (AvgIpc) is 2.60. The fourth-order valence-corrected chi connectivity index (χ4v) is 2.40. The molecule has 0 spiro atoms. The number of carbonyl (C=O) groups is 1. The van der Waals surface area contributed by atoms with E-state index in [1.165, 1.54) is 6.21 Å². The zero-order chi connectivity index (χ0) is 16.8. The Balaban J connectivity index is 1.53. The standard InChI is InChI=1S/C19H15ClN2O2/c20-17-7-3-4-14(10-17)12-21-22-19(23)13-24-18-9-8-15-5-1-2-6-16(15)11-18/h1-12H,13H2,(H,22,23)/b21-12-. The fraction of sp³-hybridized carbons (Fsp3) is 0.0526. The summed E-state index contributed by atoms with van der Waals surface area (Å²) in [6.07, 6.45) is 1.53. The molecule has 0 unspecified atom stereocenters. The number of fused-ring (bicyclic) bond motifs is 1. The summed E-state index contributed by atoms with van der Waals surface area (Å²) in [5.74, 6) is 0.309. The molecule has 24 heavy (non-hydrogen) atoms. The number of hydrogen-bond acceptors (Lipinski definition) is 3. The fourth-order valence-electron chi connectivity index (χ4n) is 2.20. The summed E-state index contributed by atoms with van der Waals surface area (Å²) in [5.41, 5.74) is 3.22. The number of rotatable bonds is 5. The van der Waals surface area contributed by atoms with Gasteiger partial charge in [-0.15, -0.1) is 0 Å². The van der Waals surface area contributed by atoms with Gasteiger partial charge in [-0.25, -0.2) is 5.43 Å². The van der Waals surface area contributed by atoms with Gasteiger partial charge in [-0.1, -0.05) is 54.1 Å². The maximum absolute atomic E-state index is 11.8. The topological polar surface area (TPSA) is 50.7 Å². The van der Waals surface area contributed by atoms with E-state index in [1.807, 2.05) is 54.6 Å². The molecule has 0 fully saturated rings. The minimum absolute atomic E-state index is 0.106. The van der Waals surface area contributed by atoms with Crippen LogP contribution in [0.1, 0.15) is 5.56 Å². The van der Waals surface area contributed by atoms with Crippen molar-refractivity contribution < 1.29 is 9.53 Å². The van der Waals surface area contributed by atoms with Crippen molar-refractivity contribution >= 4 is 34.5 Å². The smallest absolute Gasteiger partial charge is 0.277 e. The number of hydrogen-bond donors (Lipinski definition) is 1. The summed E-state index contributed by atoms with van der Waals surface area (Å²) in [4.78, 5) is 11.8. The monoisotopic (exact) mass is 338 g/mol. The van der Waals surface area contributed by atoms with Gasteiger partial charge in [0, 0.05) is 5.02 Å². The Morgan fingerprint density at radius 1 is 1.04 bits per heavy atom. The minimum atomic E-state index is -0.332. The van der Waals surface area contributed by atoms with E-state index in [2.05, 4.69) is 10.5 Å². The van der Waals surface area contributed by atoms with E-state index in [0.29, 0.717) is 10.8 Å². The van der Waals surface area contributed by atoms with Gasteiger partial charge < -0.3 is 4.74 Å². The van der Waals surface area contributed by atoms with Crippen LogP contribution in [0.2, 0.25) is 5.02 Å². The van der Waals surface area contributed by atoms with Crippen molar-refractivity contribution in [2.75, 3.05) is 6.61 Å². The molecular weight excluding hydrogens is 324 g/mol. The predicted molar refractivity (Wildman–Crippen MR) is 96.6 cm³/mol. The quantitative estimate of drug-likeness (QED) is 0.564. The Labute approximate surface area is 144 Å². The van der Waals surface area contributed by atoms with E-state index >= 15 is 0 Å². The lowest BCUT2D eigenvalue weighted by Gasteiger charge is -2.06. The molecule has 3 rings (SSSR count). The first-order valence-electron chi connectivity index (χ1n) is 7.40.